The van der Waals surface area contributed by atoms with E-state index in [2.05, 4.69) is 21.2 Å². The van der Waals surface area contributed by atoms with Crippen LogP contribution in [0.2, 0.25) is 0 Å². The molecule has 112 valence electrons. The topological polar surface area (TPSA) is 56.0 Å². The highest BCUT2D eigenvalue weighted by molar-refractivity contribution is 9.10. The van der Waals surface area contributed by atoms with Crippen molar-refractivity contribution in [2.45, 2.75) is 6.54 Å². The van der Waals surface area contributed by atoms with Gasteiger partial charge in [-0.25, -0.2) is 4.79 Å². The van der Waals surface area contributed by atoms with E-state index in [-0.39, 0.29) is 18.1 Å². The number of rotatable bonds is 3. The summed E-state index contributed by atoms with van der Waals surface area (Å²) in [5, 5.41) is 2.81. The summed E-state index contributed by atoms with van der Waals surface area (Å²) in [6.07, 6.45) is 0. The second-order valence-corrected chi connectivity index (χ2v) is 5.80. The molecule has 0 saturated carbocycles. The van der Waals surface area contributed by atoms with Crippen LogP contribution in [0.15, 0.2) is 57.8 Å². The number of nitrogens with one attached hydrogen (secondary N) is 1. The molecule has 0 bridgehead atoms. The molecule has 0 radical (unpaired) electrons. The van der Waals surface area contributed by atoms with Crippen LogP contribution < -0.4 is 11.0 Å². The first-order chi connectivity index (χ1) is 10.6. The zero-order chi connectivity index (χ0) is 15.7. The van der Waals surface area contributed by atoms with Gasteiger partial charge in [-0.15, -0.1) is 0 Å². The Morgan fingerprint density at radius 3 is 2.45 bits per heavy atom. The summed E-state index contributed by atoms with van der Waals surface area (Å²) in [6, 6.07) is 14.8. The minimum Gasteiger partial charge on any atom is -0.324 e. The number of aromatic nitrogens is 2. The van der Waals surface area contributed by atoms with E-state index in [0.29, 0.717) is 5.69 Å². The highest BCUT2D eigenvalue weighted by Gasteiger charge is 2.13. The van der Waals surface area contributed by atoms with Gasteiger partial charge in [0, 0.05) is 11.5 Å². The summed E-state index contributed by atoms with van der Waals surface area (Å²) >= 11 is 3.38. The molecule has 6 heteroatoms. The largest absolute Gasteiger partial charge is 0.329 e. The van der Waals surface area contributed by atoms with Crippen molar-refractivity contribution in [1.82, 2.24) is 9.13 Å². The summed E-state index contributed by atoms with van der Waals surface area (Å²) in [7, 11) is 1.70. The van der Waals surface area contributed by atoms with Crippen LogP contribution in [0.3, 0.4) is 0 Å². The molecule has 1 N–H and O–H groups in total. The number of fused-ring (bicyclic) bond motifs is 1. The first-order valence-electron chi connectivity index (χ1n) is 6.76. The molecule has 0 fully saturated rings. The zero-order valence-electron chi connectivity index (χ0n) is 11.9. The number of anilines is 1. The molecule has 22 heavy (non-hydrogen) atoms. The summed E-state index contributed by atoms with van der Waals surface area (Å²) in [5.41, 5.74) is 2.03. The maximum atomic E-state index is 12.3. The average molecular weight is 360 g/mol. The van der Waals surface area contributed by atoms with E-state index in [1.807, 2.05) is 42.5 Å². The molecule has 1 heterocycles. The lowest BCUT2D eigenvalue weighted by molar-refractivity contribution is -0.116. The molecule has 0 aliphatic rings. The fourth-order valence-electron chi connectivity index (χ4n) is 2.41. The highest BCUT2D eigenvalue weighted by atomic mass is 79.9. The number of benzene rings is 2. The normalized spacial score (nSPS) is 10.8. The van der Waals surface area contributed by atoms with Crippen molar-refractivity contribution in [3.05, 3.63) is 63.5 Å². The molecule has 5 nitrogen and oxygen atoms in total. The Hall–Kier alpha value is -2.34. The first kappa shape index (κ1) is 14.6. The summed E-state index contributed by atoms with van der Waals surface area (Å²) in [6.45, 7) is -0.0263. The fourth-order valence-corrected chi connectivity index (χ4v) is 2.80. The molecule has 0 unspecified atom stereocenters. The van der Waals surface area contributed by atoms with Gasteiger partial charge in [0.2, 0.25) is 5.91 Å². The third kappa shape index (κ3) is 2.57. The average Bonchev–Trinajstić information content (AvgIpc) is 2.75. The number of para-hydroxylation sites is 3. The Kier molecular flexibility index (Phi) is 3.85. The van der Waals surface area contributed by atoms with Crippen LogP contribution in [0.4, 0.5) is 5.69 Å². The molecule has 0 atom stereocenters. The van der Waals surface area contributed by atoms with Crippen molar-refractivity contribution in [3.63, 3.8) is 0 Å². The minimum atomic E-state index is -0.245. The van der Waals surface area contributed by atoms with Crippen molar-refractivity contribution in [2.24, 2.45) is 7.05 Å². The van der Waals surface area contributed by atoms with Gasteiger partial charge in [0.05, 0.1) is 16.7 Å². The van der Waals surface area contributed by atoms with Crippen molar-refractivity contribution >= 4 is 38.6 Å². The van der Waals surface area contributed by atoms with E-state index in [0.717, 1.165) is 15.5 Å². The lowest BCUT2D eigenvalue weighted by Crippen LogP contribution is -2.28. The lowest BCUT2D eigenvalue weighted by atomic mass is 10.3. The smallest absolute Gasteiger partial charge is 0.324 e. The Morgan fingerprint density at radius 1 is 1.09 bits per heavy atom. The van der Waals surface area contributed by atoms with Crippen LogP contribution in [0.5, 0.6) is 0 Å². The third-order valence-electron chi connectivity index (χ3n) is 3.50. The van der Waals surface area contributed by atoms with E-state index < -0.39 is 0 Å². The van der Waals surface area contributed by atoms with Crippen molar-refractivity contribution in [3.8, 4) is 0 Å². The van der Waals surface area contributed by atoms with Crippen LogP contribution in [0.25, 0.3) is 11.0 Å². The molecule has 0 aliphatic carbocycles. The fraction of sp³-hybridized carbons (Fsp3) is 0.125. The zero-order valence-corrected chi connectivity index (χ0v) is 13.5. The standard InChI is InChI=1S/C16H14BrN3O2/c1-19-13-8-4-5-9-14(13)20(16(19)22)10-15(21)18-12-7-3-2-6-11(12)17/h2-9H,10H2,1H3,(H,18,21). The maximum Gasteiger partial charge on any atom is 0.329 e. The van der Waals surface area contributed by atoms with E-state index in [4.69, 9.17) is 0 Å². The number of hydrogen-bond donors (Lipinski definition) is 1. The van der Waals surface area contributed by atoms with Crippen molar-refractivity contribution in [1.29, 1.82) is 0 Å². The van der Waals surface area contributed by atoms with Crippen LogP contribution in [-0.4, -0.2) is 15.0 Å². The Labute approximate surface area is 135 Å². The third-order valence-corrected chi connectivity index (χ3v) is 4.19. The monoisotopic (exact) mass is 359 g/mol. The van der Waals surface area contributed by atoms with Gasteiger partial charge in [-0.1, -0.05) is 24.3 Å². The number of halogens is 1. The minimum absolute atomic E-state index is 0.0263. The molecular formula is C16H14BrN3O2. The van der Waals surface area contributed by atoms with Gasteiger partial charge in [0.15, 0.2) is 0 Å². The van der Waals surface area contributed by atoms with Crippen molar-refractivity contribution in [2.75, 3.05) is 5.32 Å². The molecule has 1 amide bonds. The Bertz CT molecular complexity index is 911. The van der Waals surface area contributed by atoms with Crippen LogP contribution in [-0.2, 0) is 18.4 Å². The van der Waals surface area contributed by atoms with Gasteiger partial charge >= 0.3 is 5.69 Å². The molecular weight excluding hydrogens is 346 g/mol. The molecule has 0 saturated heterocycles. The number of nitrogens with zero attached hydrogens (tertiary/aromatic N) is 2. The van der Waals surface area contributed by atoms with E-state index in [1.165, 1.54) is 4.57 Å². The van der Waals surface area contributed by atoms with Gasteiger partial charge in [-0.3, -0.25) is 13.9 Å². The van der Waals surface area contributed by atoms with Crippen molar-refractivity contribution < 1.29 is 4.79 Å². The summed E-state index contributed by atoms with van der Waals surface area (Å²) < 4.78 is 3.82. The number of amides is 1. The molecule has 0 aliphatic heterocycles. The van der Waals surface area contributed by atoms with Gasteiger partial charge in [0.25, 0.3) is 0 Å². The molecule has 3 aromatic rings. The predicted octanol–water partition coefficient (Wildman–Crippen LogP) is 2.74. The van der Waals surface area contributed by atoms with E-state index >= 15 is 0 Å². The molecule has 1 aromatic heterocycles. The predicted molar refractivity (Wildman–Crippen MR) is 90.0 cm³/mol. The second-order valence-electron chi connectivity index (χ2n) is 4.94. The van der Waals surface area contributed by atoms with Crippen LogP contribution in [0, 0.1) is 0 Å². The molecule has 2 aromatic carbocycles. The Balaban J connectivity index is 1.91. The van der Waals surface area contributed by atoms with Gasteiger partial charge in [-0.2, -0.15) is 0 Å². The molecule has 3 rings (SSSR count). The number of carbonyl (C=O) groups excluding carboxylic acids is 1. The van der Waals surface area contributed by atoms with Gasteiger partial charge < -0.3 is 5.32 Å². The number of aryl methyl sites for hydroxylation is 1. The number of hydrogen-bond acceptors (Lipinski definition) is 2. The lowest BCUT2D eigenvalue weighted by Gasteiger charge is -2.07. The van der Waals surface area contributed by atoms with Crippen LogP contribution >= 0.6 is 15.9 Å². The quantitative estimate of drug-likeness (QED) is 0.781. The highest BCUT2D eigenvalue weighted by Crippen LogP contribution is 2.21. The van der Waals surface area contributed by atoms with E-state index in [9.17, 15) is 9.59 Å². The second kappa shape index (κ2) is 5.81. The summed E-state index contributed by atoms with van der Waals surface area (Å²) in [5.74, 6) is -0.245. The Morgan fingerprint density at radius 2 is 1.73 bits per heavy atom. The first-order valence-corrected chi connectivity index (χ1v) is 7.56. The number of imidazole rings is 1. The molecule has 0 spiro atoms. The SMILES string of the molecule is Cn1c(=O)n(CC(=O)Nc2ccccc2Br)c2ccccc21. The van der Waals surface area contributed by atoms with E-state index in [1.54, 1.807) is 17.7 Å². The van der Waals surface area contributed by atoms with Gasteiger partial charge in [0.1, 0.15) is 6.54 Å². The maximum absolute atomic E-state index is 12.3. The van der Waals surface area contributed by atoms with Gasteiger partial charge in [-0.05, 0) is 40.2 Å². The number of carbonyl (C=O) groups is 1. The van der Waals surface area contributed by atoms with Crippen LogP contribution in [0.1, 0.15) is 0 Å². The summed E-state index contributed by atoms with van der Waals surface area (Å²) in [4.78, 5) is 24.5.